The maximum Gasteiger partial charge on any atom is 2.00 e. The molecule has 64 valence electrons. The van der Waals surface area contributed by atoms with Gasteiger partial charge in [-0.25, -0.2) is 0 Å². The van der Waals surface area contributed by atoms with Crippen LogP contribution in [0.1, 0.15) is 0 Å². The van der Waals surface area contributed by atoms with Gasteiger partial charge in [0.1, 0.15) is 0 Å². The first-order valence-electron chi connectivity index (χ1n) is 1.46. The Balaban J connectivity index is -0.0000000178. The molecule has 0 aromatic rings. The molecule has 0 saturated heterocycles. The van der Waals surface area contributed by atoms with E-state index in [1.54, 1.807) is 0 Å². The van der Waals surface area contributed by atoms with Gasteiger partial charge < -0.3 is 38.5 Å². The summed E-state index contributed by atoms with van der Waals surface area (Å²) in [6, 6.07) is 0. The fraction of sp³-hybridized carbons (Fsp3) is 0. The molecule has 0 aromatic heterocycles. The van der Waals surface area contributed by atoms with Crippen molar-refractivity contribution in [2.75, 3.05) is 0 Å². The van der Waals surface area contributed by atoms with Crippen molar-refractivity contribution in [2.45, 2.75) is 0 Å². The normalized spacial score (nSPS) is 8.43. The smallest absolute Gasteiger partial charge is 0.822 e. The van der Waals surface area contributed by atoms with E-state index in [1.165, 1.54) is 0 Å². The molecule has 0 radical (unpaired) electrons. The topological polar surface area (TPSA) is 172 Å². The monoisotopic (exact) mass is 316 g/mol. The summed E-state index contributed by atoms with van der Waals surface area (Å²) in [4.78, 5) is 51.3. The summed E-state index contributed by atoms with van der Waals surface area (Å²) in [5.41, 5.74) is 0. The molecule has 0 rings (SSSR count). The molecule has 0 saturated carbocycles. The van der Waals surface area contributed by atoms with E-state index in [0.717, 1.165) is 0 Å². The Morgan fingerprint density at radius 2 is 0.571 bits per heavy atom. The molecule has 0 fully saturated rings. The second kappa shape index (κ2) is 18.0. The van der Waals surface area contributed by atoms with E-state index in [9.17, 15) is 0 Å². The van der Waals surface area contributed by atoms with Crippen LogP contribution in [0.3, 0.4) is 0 Å². The minimum Gasteiger partial charge on any atom is -0.822 e. The van der Waals surface area contributed by atoms with Gasteiger partial charge in [-0.05, 0) is 0 Å². The van der Waals surface area contributed by atoms with E-state index in [-0.39, 0.29) is 149 Å². The number of phosphoric acid groups is 2. The second-order valence-corrected chi connectivity index (χ2v) is 2.68. The van der Waals surface area contributed by atoms with Gasteiger partial charge in [0.25, 0.3) is 0 Å². The Labute approximate surface area is 198 Å². The molecule has 0 heterocycles. The number of hydrogen-bond acceptors (Lipinski definition) is 8. The van der Waals surface area contributed by atoms with Crippen molar-refractivity contribution in [1.82, 2.24) is 0 Å². The molecule has 0 aliphatic carbocycles. The summed E-state index contributed by atoms with van der Waals surface area (Å²) >= 11 is 0. The number of rotatable bonds is 0. The molecular formula is K2Mg2O8P2. The first-order chi connectivity index (χ1) is 4.00. The minimum atomic E-state index is -5.39. The Kier molecular flexibility index (Phi) is 46.9. The van der Waals surface area contributed by atoms with Crippen LogP contribution in [0.4, 0.5) is 0 Å². The third-order valence-electron chi connectivity index (χ3n) is 0. The molecule has 0 aromatic carbocycles. The van der Waals surface area contributed by atoms with E-state index in [4.69, 9.17) is 38.5 Å². The summed E-state index contributed by atoms with van der Waals surface area (Å²) < 4.78 is 17.1. The van der Waals surface area contributed by atoms with Crippen LogP contribution in [0, 0.1) is 0 Å². The van der Waals surface area contributed by atoms with Gasteiger partial charge in [0.15, 0.2) is 0 Å². The molecule has 8 nitrogen and oxygen atoms in total. The van der Waals surface area contributed by atoms with Crippen molar-refractivity contribution < 1.29 is 141 Å². The zero-order chi connectivity index (χ0) is 9.00. The minimum absolute atomic E-state index is 0. The van der Waals surface area contributed by atoms with Crippen LogP contribution in [-0.2, 0) is 9.13 Å². The van der Waals surface area contributed by atoms with Crippen molar-refractivity contribution in [3.05, 3.63) is 0 Å². The predicted molar refractivity (Wildman–Crippen MR) is 26.7 cm³/mol. The molecule has 0 aliphatic heterocycles. The zero-order valence-electron chi connectivity index (χ0n) is 7.57. The standard InChI is InChI=1S/2K.2Mg.2H3O4P/c;;;;2*1-5(2,3)4/h;;;;2*(H3,1,2,3,4)/q2*+1;2*+2;;/p-6. The Morgan fingerprint density at radius 3 is 0.571 bits per heavy atom. The van der Waals surface area contributed by atoms with E-state index in [2.05, 4.69) is 0 Å². The van der Waals surface area contributed by atoms with Crippen LogP contribution < -0.4 is 132 Å². The van der Waals surface area contributed by atoms with Crippen LogP contribution in [0.2, 0.25) is 0 Å². The molecule has 0 atom stereocenters. The van der Waals surface area contributed by atoms with E-state index < -0.39 is 15.6 Å². The number of hydrogen-bond donors (Lipinski definition) is 0. The first kappa shape index (κ1) is 36.4. The Morgan fingerprint density at radius 1 is 0.571 bits per heavy atom. The first-order valence-corrected chi connectivity index (χ1v) is 4.38. The van der Waals surface area contributed by atoms with Crippen LogP contribution in [0.5, 0.6) is 0 Å². The average molecular weight is 317 g/mol. The molecule has 0 N–H and O–H groups in total. The maximum absolute atomic E-state index is 8.55. The van der Waals surface area contributed by atoms with Crippen LogP contribution in [-0.4, -0.2) is 46.1 Å². The van der Waals surface area contributed by atoms with Gasteiger partial charge in [-0.3, -0.25) is 0 Å². The molecule has 14 heavy (non-hydrogen) atoms. The van der Waals surface area contributed by atoms with Crippen molar-refractivity contribution in [3.63, 3.8) is 0 Å². The Hall–Kier alpha value is 5.03. The van der Waals surface area contributed by atoms with E-state index in [0.29, 0.717) is 0 Å². The Bertz CT molecular complexity index is 136. The molecule has 0 spiro atoms. The molecule has 0 bridgehead atoms. The summed E-state index contributed by atoms with van der Waals surface area (Å²) in [6.45, 7) is 0. The van der Waals surface area contributed by atoms with Gasteiger partial charge >= 0.3 is 149 Å². The van der Waals surface area contributed by atoms with Gasteiger partial charge in [-0.2, -0.15) is 15.6 Å². The largest absolute Gasteiger partial charge is 2.00 e. The SMILES string of the molecule is O=P([O-])([O-])[O-].O=P([O-])([O-])[O-].[K+].[K+].[Mg+2].[Mg+2]. The van der Waals surface area contributed by atoms with Crippen molar-refractivity contribution in [1.29, 1.82) is 0 Å². The van der Waals surface area contributed by atoms with Crippen LogP contribution in [0.15, 0.2) is 0 Å². The van der Waals surface area contributed by atoms with Crippen LogP contribution in [0.25, 0.3) is 0 Å². The molecule has 0 aliphatic rings. The van der Waals surface area contributed by atoms with Crippen LogP contribution >= 0.6 is 15.6 Å². The molecule has 0 amide bonds. The molecule has 0 unspecified atom stereocenters. The second-order valence-electron chi connectivity index (χ2n) is 0.894. The van der Waals surface area contributed by atoms with Gasteiger partial charge in [0.2, 0.25) is 0 Å². The maximum atomic E-state index is 8.55. The third kappa shape index (κ3) is 173. The quantitative estimate of drug-likeness (QED) is 0.313. The van der Waals surface area contributed by atoms with Gasteiger partial charge in [0.05, 0.1) is 0 Å². The molecular weight excluding hydrogens is 317 g/mol. The fourth-order valence-corrected chi connectivity index (χ4v) is 0. The summed E-state index contributed by atoms with van der Waals surface area (Å²) in [7, 11) is -10.8. The summed E-state index contributed by atoms with van der Waals surface area (Å²) in [5, 5.41) is 0. The summed E-state index contributed by atoms with van der Waals surface area (Å²) in [5.74, 6) is 0. The van der Waals surface area contributed by atoms with E-state index in [1.807, 2.05) is 0 Å². The van der Waals surface area contributed by atoms with Crippen molar-refractivity contribution in [3.8, 4) is 0 Å². The van der Waals surface area contributed by atoms with Gasteiger partial charge in [0, 0.05) is 0 Å². The molecule has 14 heteroatoms. The van der Waals surface area contributed by atoms with Gasteiger partial charge in [-0.15, -0.1) is 0 Å². The summed E-state index contributed by atoms with van der Waals surface area (Å²) in [6.07, 6.45) is 0. The predicted octanol–water partition coefficient (Wildman–Crippen LogP) is -12.4. The zero-order valence-corrected chi connectivity index (χ0v) is 18.4. The fourth-order valence-electron chi connectivity index (χ4n) is 0. The van der Waals surface area contributed by atoms with Gasteiger partial charge in [-0.1, -0.05) is 0 Å². The average Bonchev–Trinajstić information content (AvgIpc) is 1.12. The van der Waals surface area contributed by atoms with Crippen molar-refractivity contribution >= 4 is 61.8 Å². The van der Waals surface area contributed by atoms with E-state index >= 15 is 0 Å². The third-order valence-corrected chi connectivity index (χ3v) is 0. The van der Waals surface area contributed by atoms with Crippen molar-refractivity contribution in [2.24, 2.45) is 0 Å².